The third-order valence-electron chi connectivity index (χ3n) is 5.67. The summed E-state index contributed by atoms with van der Waals surface area (Å²) in [6.07, 6.45) is 5.10. The topological polar surface area (TPSA) is 135 Å². The monoisotopic (exact) mass is 429 g/mol. The number of carboxylic acid groups (broad SMARTS) is 1. The molecule has 1 fully saturated rings. The molecule has 3 rings (SSSR count). The number of benzene rings is 2. The maximum atomic E-state index is 11.4. The van der Waals surface area contributed by atoms with Gasteiger partial charge in [-0.2, -0.15) is 0 Å². The first-order chi connectivity index (χ1) is 14.8. The van der Waals surface area contributed by atoms with E-state index >= 15 is 0 Å². The molecule has 0 saturated heterocycles. The van der Waals surface area contributed by atoms with Crippen molar-refractivity contribution in [1.29, 1.82) is 0 Å². The number of hydrogen-bond donors (Lipinski definition) is 3. The summed E-state index contributed by atoms with van der Waals surface area (Å²) in [6, 6.07) is 14.9. The fourth-order valence-corrected chi connectivity index (χ4v) is 3.90. The summed E-state index contributed by atoms with van der Waals surface area (Å²) in [5.74, 6) is -1.72. The Balaban J connectivity index is 0.000000225. The van der Waals surface area contributed by atoms with Crippen molar-refractivity contribution >= 4 is 11.9 Å². The van der Waals surface area contributed by atoms with Crippen LogP contribution in [0.2, 0.25) is 0 Å². The summed E-state index contributed by atoms with van der Waals surface area (Å²) in [7, 11) is 1.34. The standard InChI is InChI=1S/C14H18O3.C10H13NO3/c15-13(16)14(17,11-7-3-1-4-8-11)12-9-5-2-6-10-12;1-14-10(13)9(11)6-7-2-4-8(12)5-3-7/h1,3-4,7-8,12,17H,2,5-6,9-10H2,(H,15,16);2-5,9,12H,6,11H2,1H3/t14-;9-/m10/s1. The third-order valence-corrected chi connectivity index (χ3v) is 5.67. The van der Waals surface area contributed by atoms with E-state index in [-0.39, 0.29) is 17.6 Å². The first kappa shape index (κ1) is 24.4. The summed E-state index contributed by atoms with van der Waals surface area (Å²) in [4.78, 5) is 22.4. The molecule has 0 radical (unpaired) electrons. The van der Waals surface area contributed by atoms with E-state index in [4.69, 9.17) is 5.11 Å². The number of methoxy groups -OCH3 is 1. The summed E-state index contributed by atoms with van der Waals surface area (Å²) >= 11 is 0. The second-order valence-corrected chi connectivity index (χ2v) is 7.85. The van der Waals surface area contributed by atoms with Gasteiger partial charge in [0.2, 0.25) is 0 Å². The summed E-state index contributed by atoms with van der Waals surface area (Å²) in [6.45, 7) is 0. The largest absolute Gasteiger partial charge is 0.547 e. The lowest BCUT2D eigenvalue weighted by Gasteiger charge is -2.39. The van der Waals surface area contributed by atoms with Gasteiger partial charge in [-0.25, -0.2) is 4.79 Å². The molecule has 0 unspecified atom stereocenters. The van der Waals surface area contributed by atoms with E-state index in [2.05, 4.69) is 10.5 Å². The second-order valence-electron chi connectivity index (χ2n) is 7.85. The Morgan fingerprint density at radius 1 is 1.10 bits per heavy atom. The number of phenols is 1. The van der Waals surface area contributed by atoms with Crippen molar-refractivity contribution in [2.24, 2.45) is 5.92 Å². The Hall–Kier alpha value is -2.90. The molecule has 0 aromatic heterocycles. The van der Waals surface area contributed by atoms with Crippen molar-refractivity contribution in [2.45, 2.75) is 50.2 Å². The van der Waals surface area contributed by atoms with E-state index in [0.29, 0.717) is 12.0 Å². The van der Waals surface area contributed by atoms with Crippen LogP contribution in [0.1, 0.15) is 43.2 Å². The van der Waals surface area contributed by atoms with Crippen LogP contribution in [0, 0.1) is 5.92 Å². The first-order valence-corrected chi connectivity index (χ1v) is 10.5. The number of aromatic hydroxyl groups is 1. The highest BCUT2D eigenvalue weighted by Crippen LogP contribution is 2.39. The van der Waals surface area contributed by atoms with E-state index in [1.165, 1.54) is 7.11 Å². The van der Waals surface area contributed by atoms with Crippen molar-refractivity contribution in [3.05, 3.63) is 65.7 Å². The highest BCUT2D eigenvalue weighted by molar-refractivity contribution is 5.77. The minimum atomic E-state index is -1.83. The lowest BCUT2D eigenvalue weighted by atomic mass is 9.73. The zero-order valence-electron chi connectivity index (χ0n) is 17.8. The lowest BCUT2D eigenvalue weighted by Crippen LogP contribution is -2.66. The van der Waals surface area contributed by atoms with E-state index in [0.717, 1.165) is 37.7 Å². The maximum Gasteiger partial charge on any atom is 0.364 e. The van der Waals surface area contributed by atoms with Crippen LogP contribution in [-0.2, 0) is 26.3 Å². The number of esters is 1. The third kappa shape index (κ3) is 6.54. The number of aliphatic hydroxyl groups is 1. The molecule has 7 nitrogen and oxygen atoms in total. The molecular formula is C24H31NO6. The van der Waals surface area contributed by atoms with Crippen molar-refractivity contribution in [3.8, 4) is 5.75 Å². The molecular weight excluding hydrogens is 398 g/mol. The molecule has 168 valence electrons. The number of aliphatic carboxylic acids is 1. The van der Waals surface area contributed by atoms with E-state index < -0.39 is 17.6 Å². The number of hydrogen-bond acceptors (Lipinski definition) is 6. The maximum absolute atomic E-state index is 11.4. The van der Waals surface area contributed by atoms with E-state index in [1.54, 1.807) is 54.6 Å². The number of quaternary nitrogens is 1. The number of ether oxygens (including phenoxy) is 1. The van der Waals surface area contributed by atoms with E-state index in [9.17, 15) is 19.8 Å². The highest BCUT2D eigenvalue weighted by Gasteiger charge is 2.40. The fourth-order valence-electron chi connectivity index (χ4n) is 3.90. The smallest absolute Gasteiger partial charge is 0.364 e. The normalized spacial score (nSPS) is 16.9. The van der Waals surface area contributed by atoms with Gasteiger partial charge in [-0.1, -0.05) is 61.7 Å². The molecule has 5 N–H and O–H groups in total. The van der Waals surface area contributed by atoms with Crippen LogP contribution in [0.3, 0.4) is 0 Å². The molecule has 0 heterocycles. The van der Waals surface area contributed by atoms with Crippen molar-refractivity contribution in [3.63, 3.8) is 0 Å². The molecule has 1 aliphatic rings. The van der Waals surface area contributed by atoms with Gasteiger partial charge in [-0.3, -0.25) is 0 Å². The summed E-state index contributed by atoms with van der Waals surface area (Å²) < 4.78 is 4.56. The van der Waals surface area contributed by atoms with Gasteiger partial charge >= 0.3 is 5.97 Å². The van der Waals surface area contributed by atoms with E-state index in [1.807, 2.05) is 0 Å². The average molecular weight is 430 g/mol. The lowest BCUT2D eigenvalue weighted by molar-refractivity contribution is -0.407. The molecule has 0 bridgehead atoms. The van der Waals surface area contributed by atoms with Gasteiger partial charge in [-0.15, -0.1) is 0 Å². The Morgan fingerprint density at radius 2 is 1.68 bits per heavy atom. The molecule has 0 aliphatic heterocycles. The molecule has 2 aromatic rings. The molecule has 1 aliphatic carbocycles. The van der Waals surface area contributed by atoms with Crippen molar-refractivity contribution in [1.82, 2.24) is 0 Å². The van der Waals surface area contributed by atoms with Gasteiger partial charge in [-0.05, 0) is 42.0 Å². The highest BCUT2D eigenvalue weighted by atomic mass is 16.5. The number of carboxylic acids is 1. The Morgan fingerprint density at radius 3 is 2.19 bits per heavy atom. The number of carbonyl (C=O) groups excluding carboxylic acids is 2. The Labute approximate surface area is 182 Å². The van der Waals surface area contributed by atoms with Crippen molar-refractivity contribution < 1.29 is 35.4 Å². The summed E-state index contributed by atoms with van der Waals surface area (Å²) in [5.41, 5.74) is 3.25. The predicted octanol–water partition coefficient (Wildman–Crippen LogP) is 0.923. The molecule has 0 spiro atoms. The number of rotatable bonds is 6. The van der Waals surface area contributed by atoms with Crippen LogP contribution in [0.15, 0.2) is 54.6 Å². The quantitative estimate of drug-likeness (QED) is 0.585. The minimum absolute atomic E-state index is 0.215. The van der Waals surface area contributed by atoms with Crippen LogP contribution >= 0.6 is 0 Å². The van der Waals surface area contributed by atoms with Gasteiger partial charge < -0.3 is 30.6 Å². The van der Waals surface area contributed by atoms with Gasteiger partial charge in [0.15, 0.2) is 6.04 Å². The van der Waals surface area contributed by atoms with Gasteiger partial charge in [0.25, 0.3) is 0 Å². The average Bonchev–Trinajstić information content (AvgIpc) is 2.80. The molecule has 2 atom stereocenters. The van der Waals surface area contributed by atoms with Crippen LogP contribution in [0.5, 0.6) is 5.75 Å². The Bertz CT molecular complexity index is 833. The van der Waals surface area contributed by atoms with Crippen molar-refractivity contribution in [2.75, 3.05) is 7.11 Å². The fraction of sp³-hybridized carbons (Fsp3) is 0.417. The minimum Gasteiger partial charge on any atom is -0.547 e. The van der Waals surface area contributed by atoms with Gasteiger partial charge in [0, 0.05) is 6.42 Å². The SMILES string of the molecule is COC(=O)[C@@H]([NH3+])Cc1ccc(O)cc1.O=C([O-])[C@@](O)(c1ccccc1)C1CCCCC1. The van der Waals surface area contributed by atoms with Crippen LogP contribution in [0.25, 0.3) is 0 Å². The molecule has 2 aromatic carbocycles. The number of phenolic OH excluding ortho intramolecular Hbond substituents is 1. The van der Waals surface area contributed by atoms with Gasteiger partial charge in [0.05, 0.1) is 13.1 Å². The number of carbonyl (C=O) groups is 2. The van der Waals surface area contributed by atoms with Gasteiger partial charge in [0.1, 0.15) is 11.4 Å². The molecule has 0 amide bonds. The van der Waals surface area contributed by atoms with Crippen LogP contribution in [-0.4, -0.2) is 35.3 Å². The second kappa shape index (κ2) is 11.5. The molecule has 31 heavy (non-hydrogen) atoms. The predicted molar refractivity (Wildman–Crippen MR) is 112 cm³/mol. The zero-order valence-corrected chi connectivity index (χ0v) is 17.8. The zero-order chi connectivity index (χ0) is 22.9. The first-order valence-electron chi connectivity index (χ1n) is 10.5. The van der Waals surface area contributed by atoms with Crippen LogP contribution in [0.4, 0.5) is 0 Å². The van der Waals surface area contributed by atoms with Crippen LogP contribution < -0.4 is 10.8 Å². The molecule has 7 heteroatoms. The molecule has 1 saturated carbocycles. The summed E-state index contributed by atoms with van der Waals surface area (Å²) in [5, 5.41) is 30.9. The Kier molecular flexibility index (Phi) is 9.03.